The van der Waals surface area contributed by atoms with Gasteiger partial charge in [0.25, 0.3) is 0 Å². The van der Waals surface area contributed by atoms with Crippen LogP contribution < -0.4 is 10.6 Å². The largest absolute Gasteiger partial charge is 0.375 e. The summed E-state index contributed by atoms with van der Waals surface area (Å²) in [7, 11) is 1.51. The van der Waals surface area contributed by atoms with Crippen LogP contribution in [0.2, 0.25) is 0 Å². The maximum absolute atomic E-state index is 12.6. The number of rotatable bonds is 5. The van der Waals surface area contributed by atoms with Crippen molar-refractivity contribution in [2.24, 2.45) is 5.73 Å². The van der Waals surface area contributed by atoms with Crippen molar-refractivity contribution in [2.45, 2.75) is 12.1 Å². The Balaban J connectivity index is 2.24. The van der Waals surface area contributed by atoms with Gasteiger partial charge < -0.3 is 15.5 Å². The van der Waals surface area contributed by atoms with Gasteiger partial charge in [0.15, 0.2) is 0 Å². The summed E-state index contributed by atoms with van der Waals surface area (Å²) >= 11 is 1.14. The predicted octanol–water partition coefficient (Wildman–Crippen LogP) is 2.09. The van der Waals surface area contributed by atoms with Crippen LogP contribution in [0.25, 0.3) is 10.4 Å². The summed E-state index contributed by atoms with van der Waals surface area (Å²) in [6.45, 7) is -0.639. The van der Waals surface area contributed by atoms with Gasteiger partial charge in [0.05, 0.1) is 17.0 Å². The standard InChI is InChI=1S/C13H15FN2O2S/c1-18-12(10(15)6-14)9-4-2-8(3-5-9)11-7-16-13(17)19-11/h2-5,7,10,12H,6,15H2,1H3,(H,16,17). The summed E-state index contributed by atoms with van der Waals surface area (Å²) in [5.74, 6) is 0. The number of thiazole rings is 1. The molecule has 4 nitrogen and oxygen atoms in total. The third-order valence-electron chi connectivity index (χ3n) is 2.87. The number of H-pyrrole nitrogens is 1. The topological polar surface area (TPSA) is 68.1 Å². The summed E-state index contributed by atoms with van der Waals surface area (Å²) in [6, 6.07) is 6.72. The van der Waals surface area contributed by atoms with E-state index in [0.29, 0.717) is 0 Å². The summed E-state index contributed by atoms with van der Waals surface area (Å²) in [6.07, 6.45) is 1.20. The molecule has 2 rings (SSSR count). The number of nitrogens with two attached hydrogens (primary N) is 1. The summed E-state index contributed by atoms with van der Waals surface area (Å²) in [5, 5.41) is 0. The van der Waals surface area contributed by atoms with Crippen LogP contribution >= 0.6 is 11.3 Å². The van der Waals surface area contributed by atoms with E-state index in [-0.39, 0.29) is 4.87 Å². The summed E-state index contributed by atoms with van der Waals surface area (Å²) < 4.78 is 17.8. The van der Waals surface area contributed by atoms with Crippen LogP contribution in [0.4, 0.5) is 4.39 Å². The second kappa shape index (κ2) is 6.10. The number of aromatic nitrogens is 1. The first kappa shape index (κ1) is 13.9. The van der Waals surface area contributed by atoms with Crippen molar-refractivity contribution in [1.82, 2.24) is 4.98 Å². The number of nitrogens with one attached hydrogen (secondary N) is 1. The minimum atomic E-state index is -0.681. The fourth-order valence-electron chi connectivity index (χ4n) is 1.90. The van der Waals surface area contributed by atoms with Gasteiger partial charge in [0.2, 0.25) is 0 Å². The van der Waals surface area contributed by atoms with E-state index in [1.807, 2.05) is 24.3 Å². The van der Waals surface area contributed by atoms with Gasteiger partial charge in [-0.15, -0.1) is 0 Å². The molecule has 0 radical (unpaired) electrons. The number of hydrogen-bond acceptors (Lipinski definition) is 4. The SMILES string of the molecule is COC(c1ccc(-c2c[nH]c(=O)s2)cc1)C(N)CF. The monoisotopic (exact) mass is 282 g/mol. The molecular formula is C13H15FN2O2S. The lowest BCUT2D eigenvalue weighted by Gasteiger charge is -2.20. The predicted molar refractivity (Wildman–Crippen MR) is 74.1 cm³/mol. The van der Waals surface area contributed by atoms with Gasteiger partial charge in [-0.25, -0.2) is 4.39 Å². The zero-order valence-electron chi connectivity index (χ0n) is 10.4. The van der Waals surface area contributed by atoms with E-state index in [1.54, 1.807) is 6.20 Å². The molecule has 0 fully saturated rings. The van der Waals surface area contributed by atoms with Gasteiger partial charge in [-0.3, -0.25) is 4.79 Å². The molecule has 0 spiro atoms. The number of halogens is 1. The van der Waals surface area contributed by atoms with E-state index in [1.165, 1.54) is 7.11 Å². The van der Waals surface area contributed by atoms with Gasteiger partial charge in [-0.05, 0) is 11.1 Å². The van der Waals surface area contributed by atoms with E-state index in [4.69, 9.17) is 10.5 Å². The Hall–Kier alpha value is -1.50. The van der Waals surface area contributed by atoms with Gasteiger partial charge in [0.1, 0.15) is 6.67 Å². The Kier molecular flexibility index (Phi) is 4.47. The zero-order chi connectivity index (χ0) is 13.8. The third kappa shape index (κ3) is 3.09. The number of hydrogen-bond donors (Lipinski definition) is 2. The number of alkyl halides is 1. The van der Waals surface area contributed by atoms with Crippen LogP contribution in [0.1, 0.15) is 11.7 Å². The molecule has 1 heterocycles. The first-order valence-corrected chi connectivity index (χ1v) is 6.60. The molecular weight excluding hydrogens is 267 g/mol. The molecule has 2 unspecified atom stereocenters. The van der Waals surface area contributed by atoms with E-state index in [2.05, 4.69) is 4.98 Å². The maximum atomic E-state index is 12.6. The van der Waals surface area contributed by atoms with Crippen molar-refractivity contribution in [2.75, 3.05) is 13.8 Å². The highest BCUT2D eigenvalue weighted by Crippen LogP contribution is 2.25. The number of ether oxygens (including phenoxy) is 1. The molecule has 6 heteroatoms. The molecule has 0 saturated heterocycles. The molecule has 0 aliphatic carbocycles. The first-order chi connectivity index (χ1) is 9.15. The van der Waals surface area contributed by atoms with E-state index in [0.717, 1.165) is 27.3 Å². The summed E-state index contributed by atoms with van der Waals surface area (Å²) in [5.41, 5.74) is 7.41. The molecule has 1 aromatic heterocycles. The highest BCUT2D eigenvalue weighted by Gasteiger charge is 2.19. The van der Waals surface area contributed by atoms with Crippen molar-refractivity contribution < 1.29 is 9.13 Å². The number of methoxy groups -OCH3 is 1. The van der Waals surface area contributed by atoms with Gasteiger partial charge in [0, 0.05) is 13.3 Å². The molecule has 2 aromatic rings. The van der Waals surface area contributed by atoms with Crippen molar-refractivity contribution in [1.29, 1.82) is 0 Å². The zero-order valence-corrected chi connectivity index (χ0v) is 11.2. The van der Waals surface area contributed by atoms with Crippen LogP contribution in [0.3, 0.4) is 0 Å². The van der Waals surface area contributed by atoms with E-state index in [9.17, 15) is 9.18 Å². The summed E-state index contributed by atoms with van der Waals surface area (Å²) in [4.78, 5) is 14.5. The highest BCUT2D eigenvalue weighted by atomic mass is 32.1. The molecule has 3 N–H and O–H groups in total. The first-order valence-electron chi connectivity index (χ1n) is 5.79. The normalized spacial score (nSPS) is 14.3. The Bertz CT molecular complexity index is 579. The average Bonchev–Trinajstić information content (AvgIpc) is 2.87. The average molecular weight is 282 g/mol. The number of benzene rings is 1. The fraction of sp³-hybridized carbons (Fsp3) is 0.308. The molecule has 2 atom stereocenters. The second-order valence-corrected chi connectivity index (χ2v) is 5.15. The quantitative estimate of drug-likeness (QED) is 0.882. The van der Waals surface area contributed by atoms with Crippen molar-refractivity contribution in [3.63, 3.8) is 0 Å². The van der Waals surface area contributed by atoms with E-state index >= 15 is 0 Å². The molecule has 0 bridgehead atoms. The Labute approximate surface area is 114 Å². The van der Waals surface area contributed by atoms with Crippen LogP contribution in [0.5, 0.6) is 0 Å². The van der Waals surface area contributed by atoms with Gasteiger partial charge >= 0.3 is 4.87 Å². The molecule has 102 valence electrons. The smallest absolute Gasteiger partial charge is 0.305 e. The third-order valence-corrected chi connectivity index (χ3v) is 3.75. The Morgan fingerprint density at radius 3 is 2.58 bits per heavy atom. The molecule has 1 aromatic carbocycles. The van der Waals surface area contributed by atoms with Crippen molar-refractivity contribution >= 4 is 11.3 Å². The molecule has 0 aliphatic heterocycles. The van der Waals surface area contributed by atoms with Crippen molar-refractivity contribution in [3.05, 3.63) is 45.7 Å². The van der Waals surface area contributed by atoms with Crippen LogP contribution in [0.15, 0.2) is 35.3 Å². The molecule has 0 amide bonds. The fourth-order valence-corrected chi connectivity index (χ4v) is 2.59. The lowest BCUT2D eigenvalue weighted by Crippen LogP contribution is -2.31. The Morgan fingerprint density at radius 2 is 2.11 bits per heavy atom. The minimum absolute atomic E-state index is 0.0895. The van der Waals surface area contributed by atoms with Crippen molar-refractivity contribution in [3.8, 4) is 10.4 Å². The molecule has 0 aliphatic rings. The van der Waals surface area contributed by atoms with Crippen LogP contribution in [-0.2, 0) is 4.74 Å². The number of aromatic amines is 1. The molecule has 0 saturated carbocycles. The Morgan fingerprint density at radius 1 is 1.42 bits per heavy atom. The highest BCUT2D eigenvalue weighted by molar-refractivity contribution is 7.12. The van der Waals surface area contributed by atoms with E-state index < -0.39 is 18.8 Å². The minimum Gasteiger partial charge on any atom is -0.375 e. The van der Waals surface area contributed by atoms with Gasteiger partial charge in [-0.1, -0.05) is 35.6 Å². The molecule has 19 heavy (non-hydrogen) atoms. The van der Waals surface area contributed by atoms with Crippen LogP contribution in [0, 0.1) is 0 Å². The van der Waals surface area contributed by atoms with Crippen LogP contribution in [-0.4, -0.2) is 24.8 Å². The second-order valence-electron chi connectivity index (χ2n) is 4.14. The maximum Gasteiger partial charge on any atom is 0.305 e. The van der Waals surface area contributed by atoms with Gasteiger partial charge in [-0.2, -0.15) is 0 Å². The lowest BCUT2D eigenvalue weighted by molar-refractivity contribution is 0.0721. The lowest BCUT2D eigenvalue weighted by atomic mass is 10.0.